The van der Waals surface area contributed by atoms with Crippen molar-refractivity contribution in [2.75, 3.05) is 19.6 Å². The van der Waals surface area contributed by atoms with Gasteiger partial charge in [-0.3, -0.25) is 4.79 Å². The van der Waals surface area contributed by atoms with E-state index in [1.54, 1.807) is 0 Å². The maximum atomic E-state index is 12.2. The number of hydrogen-bond acceptors (Lipinski definition) is 2. The van der Waals surface area contributed by atoms with Gasteiger partial charge in [-0.1, -0.05) is 0 Å². The predicted molar refractivity (Wildman–Crippen MR) is 69.5 cm³/mol. The van der Waals surface area contributed by atoms with Gasteiger partial charge in [-0.15, -0.1) is 0 Å². The molecule has 0 aromatic carbocycles. The smallest absolute Gasteiger partial charge is 0.320 e. The first kappa shape index (κ1) is 14.8. The summed E-state index contributed by atoms with van der Waals surface area (Å²) in [6.07, 6.45) is 1.82. The molecule has 1 aliphatic rings. The Morgan fingerprint density at radius 3 is 2.28 bits per heavy atom. The number of likely N-dealkylation sites (tertiary alicyclic amines) is 1. The van der Waals surface area contributed by atoms with E-state index >= 15 is 0 Å². The Morgan fingerprint density at radius 1 is 1.33 bits per heavy atom. The standard InChI is InChI=1S/C13H24N2O3/c1-4-15(10(2)3)13(18)14-7-5-11(6-8-14)9-12(16)17/h10-11H,4-9H2,1-3H3,(H,16,17). The van der Waals surface area contributed by atoms with E-state index in [-0.39, 0.29) is 24.4 Å². The molecular formula is C13H24N2O3. The molecule has 0 aromatic rings. The molecule has 0 spiro atoms. The summed E-state index contributed by atoms with van der Waals surface area (Å²) in [5.41, 5.74) is 0. The van der Waals surface area contributed by atoms with Crippen molar-refractivity contribution < 1.29 is 14.7 Å². The maximum Gasteiger partial charge on any atom is 0.320 e. The molecule has 5 heteroatoms. The topological polar surface area (TPSA) is 60.9 Å². The van der Waals surface area contributed by atoms with Crippen molar-refractivity contribution in [2.45, 2.75) is 46.1 Å². The summed E-state index contributed by atoms with van der Waals surface area (Å²) in [6.45, 7) is 8.08. The number of piperidine rings is 1. The van der Waals surface area contributed by atoms with Crippen molar-refractivity contribution in [3.8, 4) is 0 Å². The molecule has 1 aliphatic heterocycles. The van der Waals surface area contributed by atoms with E-state index in [0.29, 0.717) is 19.6 Å². The van der Waals surface area contributed by atoms with Crippen molar-refractivity contribution in [2.24, 2.45) is 5.92 Å². The molecule has 5 nitrogen and oxygen atoms in total. The number of aliphatic carboxylic acids is 1. The third-order valence-corrected chi connectivity index (χ3v) is 3.56. The third-order valence-electron chi connectivity index (χ3n) is 3.56. The maximum absolute atomic E-state index is 12.2. The van der Waals surface area contributed by atoms with Crippen molar-refractivity contribution in [1.82, 2.24) is 9.80 Å². The first-order valence-electron chi connectivity index (χ1n) is 6.73. The summed E-state index contributed by atoms with van der Waals surface area (Å²) < 4.78 is 0. The average molecular weight is 256 g/mol. The van der Waals surface area contributed by atoms with E-state index in [1.807, 2.05) is 30.6 Å². The van der Waals surface area contributed by atoms with Crippen LogP contribution in [0.3, 0.4) is 0 Å². The molecule has 1 N–H and O–H groups in total. The minimum absolute atomic E-state index is 0.0845. The van der Waals surface area contributed by atoms with E-state index in [4.69, 9.17) is 5.11 Å². The van der Waals surface area contributed by atoms with Gasteiger partial charge in [-0.25, -0.2) is 4.79 Å². The Bertz CT molecular complexity index is 297. The van der Waals surface area contributed by atoms with Crippen molar-refractivity contribution in [1.29, 1.82) is 0 Å². The molecular weight excluding hydrogens is 232 g/mol. The molecule has 104 valence electrons. The monoisotopic (exact) mass is 256 g/mol. The summed E-state index contributed by atoms with van der Waals surface area (Å²) in [4.78, 5) is 26.6. The second kappa shape index (κ2) is 6.61. The van der Waals surface area contributed by atoms with Gasteiger partial charge >= 0.3 is 12.0 Å². The number of carbonyl (C=O) groups excluding carboxylic acids is 1. The molecule has 0 aliphatic carbocycles. The number of carbonyl (C=O) groups is 2. The quantitative estimate of drug-likeness (QED) is 0.837. The second-order valence-corrected chi connectivity index (χ2v) is 5.19. The Morgan fingerprint density at radius 2 is 1.89 bits per heavy atom. The highest BCUT2D eigenvalue weighted by molar-refractivity contribution is 5.75. The van der Waals surface area contributed by atoms with E-state index < -0.39 is 5.97 Å². The minimum atomic E-state index is -0.739. The van der Waals surface area contributed by atoms with Gasteiger partial charge in [0.1, 0.15) is 0 Å². The SMILES string of the molecule is CCN(C(=O)N1CCC(CC(=O)O)CC1)C(C)C. The molecule has 0 bridgehead atoms. The molecule has 0 radical (unpaired) electrons. The lowest BCUT2D eigenvalue weighted by Gasteiger charge is -2.36. The van der Waals surface area contributed by atoms with Crippen molar-refractivity contribution >= 4 is 12.0 Å². The number of rotatable bonds is 4. The predicted octanol–water partition coefficient (Wildman–Crippen LogP) is 2.02. The number of carboxylic acids is 1. The number of nitrogens with zero attached hydrogens (tertiary/aromatic N) is 2. The molecule has 0 saturated carbocycles. The average Bonchev–Trinajstić information content (AvgIpc) is 2.29. The van der Waals surface area contributed by atoms with E-state index in [0.717, 1.165) is 12.8 Å². The highest BCUT2D eigenvalue weighted by atomic mass is 16.4. The molecule has 0 aromatic heterocycles. The Balaban J connectivity index is 2.47. The van der Waals surface area contributed by atoms with Gasteiger partial charge in [0.25, 0.3) is 0 Å². The number of carboxylic acid groups (broad SMARTS) is 1. The van der Waals surface area contributed by atoms with Gasteiger partial charge in [0.05, 0.1) is 0 Å². The lowest BCUT2D eigenvalue weighted by molar-refractivity contribution is -0.138. The number of urea groups is 1. The van der Waals surface area contributed by atoms with Crippen LogP contribution < -0.4 is 0 Å². The van der Waals surface area contributed by atoms with Crippen LogP contribution >= 0.6 is 0 Å². The zero-order valence-corrected chi connectivity index (χ0v) is 11.6. The number of amides is 2. The highest BCUT2D eigenvalue weighted by Crippen LogP contribution is 2.21. The summed E-state index contributed by atoms with van der Waals surface area (Å²) in [5, 5.41) is 8.75. The molecule has 0 unspecified atom stereocenters. The van der Waals surface area contributed by atoms with Gasteiger partial charge in [-0.05, 0) is 39.5 Å². The second-order valence-electron chi connectivity index (χ2n) is 5.19. The van der Waals surface area contributed by atoms with Crippen LogP contribution in [0.1, 0.15) is 40.0 Å². The highest BCUT2D eigenvalue weighted by Gasteiger charge is 2.27. The van der Waals surface area contributed by atoms with Crippen LogP contribution in [0.25, 0.3) is 0 Å². The molecule has 1 saturated heterocycles. The van der Waals surface area contributed by atoms with Crippen LogP contribution in [0.4, 0.5) is 4.79 Å². The van der Waals surface area contributed by atoms with E-state index in [9.17, 15) is 9.59 Å². The minimum Gasteiger partial charge on any atom is -0.481 e. The van der Waals surface area contributed by atoms with Crippen LogP contribution in [0.2, 0.25) is 0 Å². The summed E-state index contributed by atoms with van der Waals surface area (Å²) >= 11 is 0. The van der Waals surface area contributed by atoms with Gasteiger partial charge in [0, 0.05) is 32.1 Å². The Kier molecular flexibility index (Phi) is 5.44. The molecule has 0 atom stereocenters. The first-order valence-corrected chi connectivity index (χ1v) is 6.73. The third kappa shape index (κ3) is 3.89. The molecule has 1 heterocycles. The van der Waals surface area contributed by atoms with Gasteiger partial charge in [0.15, 0.2) is 0 Å². The van der Waals surface area contributed by atoms with Crippen LogP contribution in [0, 0.1) is 5.92 Å². The van der Waals surface area contributed by atoms with Crippen LogP contribution in [0.15, 0.2) is 0 Å². The van der Waals surface area contributed by atoms with Crippen LogP contribution in [-0.4, -0.2) is 52.6 Å². The zero-order chi connectivity index (χ0) is 13.7. The number of hydrogen-bond donors (Lipinski definition) is 1. The molecule has 2 amide bonds. The molecule has 1 fully saturated rings. The fourth-order valence-electron chi connectivity index (χ4n) is 2.48. The van der Waals surface area contributed by atoms with Crippen LogP contribution in [-0.2, 0) is 4.79 Å². The van der Waals surface area contributed by atoms with E-state index in [2.05, 4.69) is 0 Å². The summed E-state index contributed by atoms with van der Waals surface area (Å²) in [5.74, 6) is -0.516. The molecule has 1 rings (SSSR count). The van der Waals surface area contributed by atoms with Crippen molar-refractivity contribution in [3.63, 3.8) is 0 Å². The van der Waals surface area contributed by atoms with Gasteiger partial charge < -0.3 is 14.9 Å². The zero-order valence-electron chi connectivity index (χ0n) is 11.6. The van der Waals surface area contributed by atoms with Crippen LogP contribution in [0.5, 0.6) is 0 Å². The van der Waals surface area contributed by atoms with Gasteiger partial charge in [-0.2, -0.15) is 0 Å². The van der Waals surface area contributed by atoms with Crippen molar-refractivity contribution in [3.05, 3.63) is 0 Å². The lowest BCUT2D eigenvalue weighted by atomic mass is 9.94. The first-order chi connectivity index (χ1) is 8.45. The fraction of sp³-hybridized carbons (Fsp3) is 0.846. The fourth-order valence-corrected chi connectivity index (χ4v) is 2.48. The Labute approximate surface area is 109 Å². The summed E-state index contributed by atoms with van der Waals surface area (Å²) in [7, 11) is 0. The van der Waals surface area contributed by atoms with E-state index in [1.165, 1.54) is 0 Å². The Hall–Kier alpha value is -1.26. The lowest BCUT2D eigenvalue weighted by Crippen LogP contribution is -2.49. The van der Waals surface area contributed by atoms with Gasteiger partial charge in [0.2, 0.25) is 0 Å². The molecule has 18 heavy (non-hydrogen) atoms. The largest absolute Gasteiger partial charge is 0.481 e. The normalized spacial score (nSPS) is 17.0. The summed E-state index contributed by atoms with van der Waals surface area (Å²) in [6, 6.07) is 0.292.